The molecule has 0 rings (SSSR count). The van der Waals surface area contributed by atoms with Crippen molar-refractivity contribution in [1.29, 1.82) is 0 Å². The summed E-state index contributed by atoms with van der Waals surface area (Å²) in [6.07, 6.45) is 0. The predicted octanol–water partition coefficient (Wildman–Crippen LogP) is 6.28. The first-order valence-electron chi connectivity index (χ1n) is 13.5. The lowest BCUT2D eigenvalue weighted by Crippen LogP contribution is -2.18. The van der Waals surface area contributed by atoms with E-state index >= 15 is 0 Å². The highest BCUT2D eigenvalue weighted by atomic mass is 32.3. The zero-order valence-electron chi connectivity index (χ0n) is 25.7. The number of aliphatic imine (C=N–C) groups is 2. The van der Waals surface area contributed by atoms with Gasteiger partial charge in [0.1, 0.15) is 5.75 Å². The van der Waals surface area contributed by atoms with Gasteiger partial charge in [-0.3, -0.25) is 9.59 Å². The Labute approximate surface area is 337 Å². The number of thioether (sulfide) groups is 12. The van der Waals surface area contributed by atoms with Crippen molar-refractivity contribution in [3.05, 3.63) is 0 Å². The number of hydrogen-bond acceptors (Lipinski definition) is 20. The minimum absolute atomic E-state index is 0.0105. The number of aliphatic hydroxyl groups excluding tert-OH is 2. The van der Waals surface area contributed by atoms with Gasteiger partial charge in [-0.15, -0.1) is 82.3 Å². The fraction of sp³-hybridized carbons (Fsp3) is 0.826. The van der Waals surface area contributed by atoms with E-state index in [0.717, 1.165) is 42.7 Å². The standard InChI is InChI=1S/C23H44N4O6S14/c28-1-3-34-5-6-44-22(30)26-11-38-17-41-16-37-10-25-14-47(33)21-43-19-42-20-45-23(31)27-12-39-18-40-15-36-9-24-13-46(32)8-7-35-4-2-29/h13-14,28-29H,1-12,15-21H2,(H,26,30)(H,27,31)/b24-13-,25-14-. The van der Waals surface area contributed by atoms with Crippen LogP contribution in [0.4, 0.5) is 9.59 Å². The van der Waals surface area contributed by atoms with Crippen LogP contribution in [0.3, 0.4) is 0 Å². The van der Waals surface area contributed by atoms with Crippen molar-refractivity contribution in [2.45, 2.75) is 0 Å². The molecular formula is C23H44N4O6S14. The number of carbonyl (C=O) groups excluding carboxylic acids is 2. The van der Waals surface area contributed by atoms with Gasteiger partial charge in [0.25, 0.3) is 10.5 Å². The highest BCUT2D eigenvalue weighted by molar-refractivity contribution is 8.29. The van der Waals surface area contributed by atoms with Crippen LogP contribution >= 0.6 is 141 Å². The Kier molecular flexibility index (Phi) is 44.5. The van der Waals surface area contributed by atoms with Crippen LogP contribution in [0, 0.1) is 0 Å². The van der Waals surface area contributed by atoms with E-state index < -0.39 is 22.4 Å². The second-order valence-corrected chi connectivity index (χ2v) is 25.1. The molecule has 2 atom stereocenters. The first kappa shape index (κ1) is 50.0. The first-order chi connectivity index (χ1) is 23.0. The fourth-order valence-electron chi connectivity index (χ4n) is 2.17. The molecule has 0 aliphatic carbocycles. The van der Waals surface area contributed by atoms with Gasteiger partial charge in [0, 0.05) is 70.4 Å². The number of nitrogens with zero attached hydrogens (tertiary/aromatic N) is 2. The molecule has 0 saturated carbocycles. The topological polar surface area (TPSA) is 169 Å². The third-order valence-electron chi connectivity index (χ3n) is 4.02. The number of carbonyl (C=O) groups is 2. The highest BCUT2D eigenvalue weighted by Crippen LogP contribution is 2.21. The van der Waals surface area contributed by atoms with Gasteiger partial charge < -0.3 is 30.0 Å². The molecule has 0 saturated heterocycles. The van der Waals surface area contributed by atoms with Crippen molar-refractivity contribution in [2.24, 2.45) is 9.98 Å². The minimum Gasteiger partial charge on any atom is -0.611 e. The Morgan fingerprint density at radius 3 is 1.70 bits per heavy atom. The molecule has 0 aliphatic heterocycles. The normalized spacial score (nSPS) is 13.0. The monoisotopic (exact) mass is 920 g/mol. The molecule has 0 heterocycles. The molecule has 4 N–H and O–H groups in total. The molecule has 0 aromatic heterocycles. The molecule has 2 unspecified atom stereocenters. The van der Waals surface area contributed by atoms with Crippen LogP contribution in [0.2, 0.25) is 0 Å². The van der Waals surface area contributed by atoms with Crippen LogP contribution in [-0.4, -0.2) is 148 Å². The summed E-state index contributed by atoms with van der Waals surface area (Å²) in [4.78, 5) is 32.1. The molecular weight excluding hydrogens is 877 g/mol. The summed E-state index contributed by atoms with van der Waals surface area (Å²) < 4.78 is 23.8. The quantitative estimate of drug-likeness (QED) is 0.0187. The van der Waals surface area contributed by atoms with E-state index in [2.05, 4.69) is 20.6 Å². The maximum absolute atomic E-state index is 12.1. The second kappa shape index (κ2) is 41.8. The van der Waals surface area contributed by atoms with Crippen LogP contribution in [0.5, 0.6) is 0 Å². The molecule has 0 aliphatic rings. The number of nitrogens with one attached hydrogen (secondary N) is 2. The van der Waals surface area contributed by atoms with Gasteiger partial charge in [0.15, 0.2) is 5.08 Å². The van der Waals surface area contributed by atoms with E-state index in [9.17, 15) is 18.7 Å². The summed E-state index contributed by atoms with van der Waals surface area (Å²) in [5, 5.41) is 28.5. The Hall–Kier alpha value is 3.02. The first-order valence-corrected chi connectivity index (χ1v) is 29.8. The van der Waals surface area contributed by atoms with Gasteiger partial charge in [-0.1, -0.05) is 35.3 Å². The van der Waals surface area contributed by atoms with Crippen molar-refractivity contribution in [3.8, 4) is 0 Å². The molecule has 0 spiro atoms. The van der Waals surface area contributed by atoms with E-state index in [0.29, 0.717) is 50.9 Å². The van der Waals surface area contributed by atoms with Gasteiger partial charge in [0.05, 0.1) is 36.7 Å². The van der Waals surface area contributed by atoms with Crippen LogP contribution in [0.1, 0.15) is 0 Å². The molecule has 47 heavy (non-hydrogen) atoms. The van der Waals surface area contributed by atoms with Gasteiger partial charge in [0.2, 0.25) is 11.1 Å². The largest absolute Gasteiger partial charge is 0.611 e. The lowest BCUT2D eigenvalue weighted by atomic mass is 10.9. The number of rotatable bonds is 34. The Balaban J connectivity index is 3.43. The summed E-state index contributed by atoms with van der Waals surface area (Å²) in [6.45, 7) is 0.321. The molecule has 2 amide bonds. The predicted molar refractivity (Wildman–Crippen MR) is 238 cm³/mol. The van der Waals surface area contributed by atoms with E-state index in [4.69, 9.17) is 10.2 Å². The summed E-state index contributed by atoms with van der Waals surface area (Å²) in [5.74, 6) is 6.61. The van der Waals surface area contributed by atoms with Crippen molar-refractivity contribution >= 4 is 185 Å². The Bertz CT molecular complexity index is 788. The van der Waals surface area contributed by atoms with E-state index in [1.54, 1.807) is 118 Å². The minimum atomic E-state index is -1.11. The average Bonchev–Trinajstić information content (AvgIpc) is 3.06. The molecule has 0 radical (unpaired) electrons. The van der Waals surface area contributed by atoms with Gasteiger partial charge in [-0.2, -0.15) is 23.5 Å². The molecule has 276 valence electrons. The Morgan fingerprint density at radius 1 is 0.574 bits per heavy atom. The summed E-state index contributed by atoms with van der Waals surface area (Å²) in [7, 11) is 0. The molecule has 0 fully saturated rings. The zero-order chi connectivity index (χ0) is 34.5. The smallest absolute Gasteiger partial charge is 0.280 e. The summed E-state index contributed by atoms with van der Waals surface area (Å²) in [5.41, 5.74) is 3.02. The molecule has 24 heteroatoms. The van der Waals surface area contributed by atoms with Crippen LogP contribution in [0.15, 0.2) is 9.98 Å². The van der Waals surface area contributed by atoms with Crippen LogP contribution in [-0.2, 0) is 22.4 Å². The third-order valence-corrected chi connectivity index (χ3v) is 19.8. The van der Waals surface area contributed by atoms with Crippen LogP contribution in [0.25, 0.3) is 0 Å². The lowest BCUT2D eigenvalue weighted by molar-refractivity contribution is 0.261. The lowest BCUT2D eigenvalue weighted by Gasteiger charge is -2.06. The number of amides is 2. The van der Waals surface area contributed by atoms with E-state index in [1.807, 2.05) is 0 Å². The van der Waals surface area contributed by atoms with Crippen molar-refractivity contribution < 1.29 is 28.9 Å². The van der Waals surface area contributed by atoms with Crippen molar-refractivity contribution in [2.75, 3.05) is 107 Å². The van der Waals surface area contributed by atoms with Gasteiger partial charge in [-0.05, 0) is 11.2 Å². The molecule has 0 aromatic carbocycles. The molecule has 0 bridgehead atoms. The zero-order valence-corrected chi connectivity index (χ0v) is 37.2. The SMILES string of the molecule is O=C(NCSCSCSC/N=C\[S+]([O-])CSCSCSC(=O)NCSCSCSC/N=C\[S+]([O-])CCSCCO)SCCSCCO. The summed E-state index contributed by atoms with van der Waals surface area (Å²) in [6, 6.07) is 0. The van der Waals surface area contributed by atoms with Crippen molar-refractivity contribution in [1.82, 2.24) is 10.6 Å². The number of aliphatic hydroxyl groups is 2. The average molecular weight is 922 g/mol. The number of hydrogen-bond donors (Lipinski definition) is 4. The second-order valence-electron chi connectivity index (χ2n) is 7.64. The van der Waals surface area contributed by atoms with Gasteiger partial charge in [-0.25, -0.2) is 9.98 Å². The van der Waals surface area contributed by atoms with Gasteiger partial charge >= 0.3 is 0 Å². The maximum Gasteiger partial charge on any atom is 0.280 e. The third kappa shape index (κ3) is 41.6. The van der Waals surface area contributed by atoms with Crippen molar-refractivity contribution in [3.63, 3.8) is 0 Å². The molecule has 0 aromatic rings. The van der Waals surface area contributed by atoms with Crippen LogP contribution < -0.4 is 10.6 Å². The van der Waals surface area contributed by atoms with E-state index in [-0.39, 0.29) is 23.7 Å². The highest BCUT2D eigenvalue weighted by Gasteiger charge is 2.06. The molecule has 10 nitrogen and oxygen atoms in total. The maximum atomic E-state index is 12.1. The Morgan fingerprint density at radius 2 is 1.09 bits per heavy atom. The summed E-state index contributed by atoms with van der Waals surface area (Å²) >= 11 is 16.9. The fourth-order valence-corrected chi connectivity index (χ4v) is 15.9. The van der Waals surface area contributed by atoms with E-state index in [1.165, 1.54) is 34.6 Å².